The van der Waals surface area contributed by atoms with Crippen molar-refractivity contribution in [3.8, 4) is 0 Å². The fourth-order valence-corrected chi connectivity index (χ4v) is 3.02. The van der Waals surface area contributed by atoms with Gasteiger partial charge in [0, 0.05) is 0 Å². The molecule has 1 N–H and O–H groups in total. The van der Waals surface area contributed by atoms with E-state index in [0.29, 0.717) is 12.0 Å². The number of aliphatic hydroxyl groups excluding tert-OH is 1. The zero-order valence-electron chi connectivity index (χ0n) is 13.6. The molecule has 1 fully saturated rings. The summed E-state index contributed by atoms with van der Waals surface area (Å²) < 4.78 is 37.5. The van der Waals surface area contributed by atoms with Gasteiger partial charge in [-0.05, 0) is 75.4 Å². The zero-order chi connectivity index (χ0) is 16.9. The van der Waals surface area contributed by atoms with Crippen LogP contribution in [0.25, 0.3) is 0 Å². The molecule has 23 heavy (non-hydrogen) atoms. The van der Waals surface area contributed by atoms with Gasteiger partial charge in [0.25, 0.3) is 0 Å². The number of benzene rings is 1. The Hall–Kier alpha value is -1.07. The standard InChI is InChI=1S/C18H26F3NO/c1-14-9-12-22(13-10-14)11-3-2-4-17(23)15-5-7-16(8-6-15)18(19,20)21/h5-8,14,17,23H,2-4,9-13H2,1H3. The van der Waals surface area contributed by atoms with Crippen LogP contribution in [0.15, 0.2) is 24.3 Å². The van der Waals surface area contributed by atoms with E-state index >= 15 is 0 Å². The fraction of sp³-hybridized carbons (Fsp3) is 0.667. The van der Waals surface area contributed by atoms with Crippen molar-refractivity contribution in [1.29, 1.82) is 0 Å². The number of piperidine rings is 1. The largest absolute Gasteiger partial charge is 0.416 e. The first-order chi connectivity index (χ1) is 10.9. The van der Waals surface area contributed by atoms with Gasteiger partial charge in [-0.1, -0.05) is 19.1 Å². The maximum Gasteiger partial charge on any atom is 0.416 e. The average Bonchev–Trinajstić information content (AvgIpc) is 2.52. The van der Waals surface area contributed by atoms with Crippen molar-refractivity contribution in [2.75, 3.05) is 19.6 Å². The van der Waals surface area contributed by atoms with Gasteiger partial charge in [-0.2, -0.15) is 13.2 Å². The Bertz CT molecular complexity index is 464. The molecule has 5 heteroatoms. The Morgan fingerprint density at radius 3 is 2.30 bits per heavy atom. The highest BCUT2D eigenvalue weighted by Gasteiger charge is 2.30. The molecule has 0 amide bonds. The zero-order valence-corrected chi connectivity index (χ0v) is 13.6. The first-order valence-electron chi connectivity index (χ1n) is 8.44. The number of hydrogen-bond donors (Lipinski definition) is 1. The number of likely N-dealkylation sites (tertiary alicyclic amines) is 1. The molecule has 1 aliphatic rings. The average molecular weight is 329 g/mol. The molecule has 130 valence electrons. The third-order valence-corrected chi connectivity index (χ3v) is 4.70. The van der Waals surface area contributed by atoms with E-state index in [0.717, 1.165) is 50.5 Å². The Balaban J connectivity index is 1.69. The molecule has 1 unspecified atom stereocenters. The van der Waals surface area contributed by atoms with Crippen LogP contribution >= 0.6 is 0 Å². The second-order valence-corrected chi connectivity index (χ2v) is 6.66. The number of halogens is 3. The van der Waals surface area contributed by atoms with Gasteiger partial charge in [0.2, 0.25) is 0 Å². The highest BCUT2D eigenvalue weighted by Crippen LogP contribution is 2.30. The Morgan fingerprint density at radius 1 is 1.13 bits per heavy atom. The highest BCUT2D eigenvalue weighted by molar-refractivity contribution is 5.25. The smallest absolute Gasteiger partial charge is 0.388 e. The Kier molecular flexibility index (Phi) is 6.48. The summed E-state index contributed by atoms with van der Waals surface area (Å²) in [7, 11) is 0. The quantitative estimate of drug-likeness (QED) is 0.769. The topological polar surface area (TPSA) is 23.5 Å². The monoisotopic (exact) mass is 329 g/mol. The molecule has 1 aliphatic heterocycles. The number of aliphatic hydroxyl groups is 1. The van der Waals surface area contributed by atoms with Crippen molar-refractivity contribution in [2.24, 2.45) is 5.92 Å². The molecule has 0 spiro atoms. The number of nitrogens with zero attached hydrogens (tertiary/aromatic N) is 1. The van der Waals surface area contributed by atoms with Crippen LogP contribution in [0.3, 0.4) is 0 Å². The van der Waals surface area contributed by atoms with Crippen LogP contribution in [0.1, 0.15) is 56.3 Å². The molecule has 0 saturated carbocycles. The highest BCUT2D eigenvalue weighted by atomic mass is 19.4. The second-order valence-electron chi connectivity index (χ2n) is 6.66. The summed E-state index contributed by atoms with van der Waals surface area (Å²) in [6.45, 7) is 5.65. The summed E-state index contributed by atoms with van der Waals surface area (Å²) in [5, 5.41) is 10.1. The maximum atomic E-state index is 12.5. The molecule has 2 rings (SSSR count). The van der Waals surface area contributed by atoms with E-state index in [2.05, 4.69) is 11.8 Å². The molecule has 0 radical (unpaired) electrons. The molecule has 0 aromatic heterocycles. The fourth-order valence-electron chi connectivity index (χ4n) is 3.02. The summed E-state index contributed by atoms with van der Waals surface area (Å²) in [5.74, 6) is 0.827. The molecule has 1 heterocycles. The van der Waals surface area contributed by atoms with Crippen LogP contribution in [0.5, 0.6) is 0 Å². The third-order valence-electron chi connectivity index (χ3n) is 4.70. The summed E-state index contributed by atoms with van der Waals surface area (Å²) >= 11 is 0. The minimum atomic E-state index is -4.32. The molecule has 1 atom stereocenters. The number of hydrogen-bond acceptors (Lipinski definition) is 2. The van der Waals surface area contributed by atoms with Gasteiger partial charge in [-0.3, -0.25) is 0 Å². The lowest BCUT2D eigenvalue weighted by atomic mass is 9.98. The van der Waals surface area contributed by atoms with Crippen LogP contribution in [-0.4, -0.2) is 29.6 Å². The van der Waals surface area contributed by atoms with Gasteiger partial charge < -0.3 is 10.0 Å². The van der Waals surface area contributed by atoms with Gasteiger partial charge in [0.05, 0.1) is 11.7 Å². The van der Waals surface area contributed by atoms with Crippen molar-refractivity contribution in [2.45, 2.75) is 51.3 Å². The first kappa shape index (κ1) is 18.3. The molecular formula is C18H26F3NO. The molecule has 2 nitrogen and oxygen atoms in total. The van der Waals surface area contributed by atoms with Crippen LogP contribution < -0.4 is 0 Å². The lowest BCUT2D eigenvalue weighted by molar-refractivity contribution is -0.137. The SMILES string of the molecule is CC1CCN(CCCCC(O)c2ccc(C(F)(F)F)cc2)CC1. The van der Waals surface area contributed by atoms with E-state index in [1.54, 1.807) is 0 Å². The molecule has 1 aromatic rings. The van der Waals surface area contributed by atoms with E-state index in [-0.39, 0.29) is 0 Å². The minimum Gasteiger partial charge on any atom is -0.388 e. The molecule has 1 aromatic carbocycles. The third kappa shape index (κ3) is 5.81. The van der Waals surface area contributed by atoms with Crippen LogP contribution in [0.4, 0.5) is 13.2 Å². The predicted octanol–water partition coefficient (Wildman–Crippen LogP) is 4.64. The lowest BCUT2D eigenvalue weighted by Crippen LogP contribution is -2.33. The van der Waals surface area contributed by atoms with E-state index in [1.165, 1.54) is 25.0 Å². The van der Waals surface area contributed by atoms with Crippen molar-refractivity contribution >= 4 is 0 Å². The summed E-state index contributed by atoms with van der Waals surface area (Å²) in [4.78, 5) is 2.46. The Morgan fingerprint density at radius 2 is 1.74 bits per heavy atom. The number of rotatable bonds is 6. The predicted molar refractivity (Wildman–Crippen MR) is 85.1 cm³/mol. The maximum absolute atomic E-state index is 12.5. The van der Waals surface area contributed by atoms with E-state index in [9.17, 15) is 18.3 Å². The van der Waals surface area contributed by atoms with Crippen molar-refractivity contribution in [3.63, 3.8) is 0 Å². The van der Waals surface area contributed by atoms with Gasteiger partial charge in [-0.25, -0.2) is 0 Å². The molecular weight excluding hydrogens is 303 g/mol. The summed E-state index contributed by atoms with van der Waals surface area (Å²) in [6, 6.07) is 4.82. The van der Waals surface area contributed by atoms with Gasteiger partial charge in [-0.15, -0.1) is 0 Å². The normalized spacial score (nSPS) is 19.0. The first-order valence-corrected chi connectivity index (χ1v) is 8.44. The van der Waals surface area contributed by atoms with Crippen molar-refractivity contribution in [3.05, 3.63) is 35.4 Å². The van der Waals surface area contributed by atoms with E-state index in [4.69, 9.17) is 0 Å². The van der Waals surface area contributed by atoms with Crippen LogP contribution in [0.2, 0.25) is 0 Å². The number of alkyl halides is 3. The molecule has 0 aliphatic carbocycles. The minimum absolute atomic E-state index is 0.560. The van der Waals surface area contributed by atoms with Crippen molar-refractivity contribution in [1.82, 2.24) is 4.90 Å². The van der Waals surface area contributed by atoms with E-state index in [1.807, 2.05) is 0 Å². The number of unbranched alkanes of at least 4 members (excludes halogenated alkanes) is 1. The van der Waals surface area contributed by atoms with Crippen LogP contribution in [-0.2, 0) is 6.18 Å². The van der Waals surface area contributed by atoms with Gasteiger partial charge >= 0.3 is 6.18 Å². The van der Waals surface area contributed by atoms with Crippen LogP contribution in [0, 0.1) is 5.92 Å². The molecule has 1 saturated heterocycles. The summed E-state index contributed by atoms with van der Waals surface area (Å²) in [5.41, 5.74) is -0.113. The summed E-state index contributed by atoms with van der Waals surface area (Å²) in [6.07, 6.45) is 0.00641. The molecule has 0 bridgehead atoms. The second kappa shape index (κ2) is 8.15. The lowest BCUT2D eigenvalue weighted by Gasteiger charge is -2.30. The van der Waals surface area contributed by atoms with Crippen molar-refractivity contribution < 1.29 is 18.3 Å². The van der Waals surface area contributed by atoms with Gasteiger partial charge in [0.1, 0.15) is 0 Å². The van der Waals surface area contributed by atoms with E-state index < -0.39 is 17.8 Å². The Labute approximate surface area is 136 Å². The van der Waals surface area contributed by atoms with Gasteiger partial charge in [0.15, 0.2) is 0 Å².